The van der Waals surface area contributed by atoms with Gasteiger partial charge < -0.3 is 10.1 Å². The number of hydrogen-bond donors (Lipinski definition) is 1. The zero-order valence-electron chi connectivity index (χ0n) is 18.4. The van der Waals surface area contributed by atoms with Crippen LogP contribution in [0, 0.1) is 0 Å². The van der Waals surface area contributed by atoms with E-state index in [1.807, 2.05) is 12.4 Å². The Kier molecular flexibility index (Phi) is 7.23. The number of anilines is 1. The van der Waals surface area contributed by atoms with Crippen molar-refractivity contribution in [1.29, 1.82) is 0 Å². The van der Waals surface area contributed by atoms with Crippen molar-refractivity contribution in [3.8, 4) is 5.75 Å². The Morgan fingerprint density at radius 3 is 2.31 bits per heavy atom. The molecule has 0 heterocycles. The number of ether oxygens (including phenoxy) is 1. The summed E-state index contributed by atoms with van der Waals surface area (Å²) in [5.74, 6) is 0.462. The molecule has 2 aromatic carbocycles. The third kappa shape index (κ3) is 5.69. The summed E-state index contributed by atoms with van der Waals surface area (Å²) in [6.45, 7) is 13.1. The van der Waals surface area contributed by atoms with Gasteiger partial charge in [0.15, 0.2) is 6.61 Å². The van der Waals surface area contributed by atoms with Crippen LogP contribution >= 0.6 is 0 Å². The molecule has 1 radical (unpaired) electrons. The summed E-state index contributed by atoms with van der Waals surface area (Å²) in [7, 11) is 0. The zero-order valence-corrected chi connectivity index (χ0v) is 18.4. The molecule has 0 saturated carbocycles. The molecule has 0 bridgehead atoms. The summed E-state index contributed by atoms with van der Waals surface area (Å²) in [6.07, 6.45) is 3.82. The van der Waals surface area contributed by atoms with Crippen LogP contribution in [0.2, 0.25) is 0 Å². The number of hydrogen-bond acceptors (Lipinski definition) is 3. The largest absolute Gasteiger partial charge is 0.483 e. The van der Waals surface area contributed by atoms with Crippen LogP contribution in [0.25, 0.3) is 0 Å². The highest BCUT2D eigenvalue weighted by atomic mass is 16.5. The first-order valence-electron chi connectivity index (χ1n) is 10.2. The molecule has 0 unspecified atom stereocenters. The molecule has 0 aromatic heterocycles. The molecular formula is C25H32NO3. The monoisotopic (exact) mass is 394 g/mol. The van der Waals surface area contributed by atoms with Crippen molar-refractivity contribution in [3.05, 3.63) is 59.2 Å². The van der Waals surface area contributed by atoms with E-state index in [4.69, 9.17) is 4.74 Å². The van der Waals surface area contributed by atoms with E-state index in [2.05, 4.69) is 59.0 Å². The lowest BCUT2D eigenvalue weighted by molar-refractivity contribution is -0.118. The predicted molar refractivity (Wildman–Crippen MR) is 118 cm³/mol. The molecule has 1 N–H and O–H groups in total. The smallest absolute Gasteiger partial charge is 0.262 e. The van der Waals surface area contributed by atoms with Gasteiger partial charge in [0.2, 0.25) is 6.29 Å². The first-order chi connectivity index (χ1) is 13.6. The molecule has 0 aliphatic heterocycles. The molecule has 0 aliphatic carbocycles. The van der Waals surface area contributed by atoms with Crippen LogP contribution in [0.4, 0.5) is 5.69 Å². The third-order valence-corrected chi connectivity index (χ3v) is 5.88. The molecule has 0 fully saturated rings. The van der Waals surface area contributed by atoms with Gasteiger partial charge in [0.25, 0.3) is 5.91 Å². The second kappa shape index (κ2) is 9.25. The van der Waals surface area contributed by atoms with Crippen molar-refractivity contribution in [3.63, 3.8) is 0 Å². The summed E-state index contributed by atoms with van der Waals surface area (Å²) in [4.78, 5) is 23.1. The maximum atomic E-state index is 12.4. The first kappa shape index (κ1) is 22.7. The van der Waals surface area contributed by atoms with Crippen LogP contribution in [-0.4, -0.2) is 18.8 Å². The number of rotatable bonds is 9. The minimum atomic E-state index is -0.272. The van der Waals surface area contributed by atoms with E-state index in [0.717, 1.165) is 24.2 Å². The second-order valence-electron chi connectivity index (χ2n) is 8.71. The molecule has 0 atom stereocenters. The minimum absolute atomic E-state index is 0.0697. The third-order valence-electron chi connectivity index (χ3n) is 5.88. The highest BCUT2D eigenvalue weighted by Crippen LogP contribution is 2.38. The Morgan fingerprint density at radius 2 is 1.69 bits per heavy atom. The van der Waals surface area contributed by atoms with Gasteiger partial charge in [0.1, 0.15) is 5.75 Å². The Labute approximate surface area is 174 Å². The molecule has 4 heteroatoms. The normalized spacial score (nSPS) is 11.8. The van der Waals surface area contributed by atoms with Gasteiger partial charge in [-0.1, -0.05) is 65.8 Å². The number of nitrogens with one attached hydrogen (secondary N) is 1. The summed E-state index contributed by atoms with van der Waals surface area (Å²) in [6, 6.07) is 12.9. The van der Waals surface area contributed by atoms with E-state index >= 15 is 0 Å². The molecule has 0 saturated heterocycles. The van der Waals surface area contributed by atoms with E-state index < -0.39 is 0 Å². The van der Waals surface area contributed by atoms with Crippen LogP contribution < -0.4 is 10.1 Å². The average Bonchev–Trinajstić information content (AvgIpc) is 2.72. The second-order valence-corrected chi connectivity index (χ2v) is 8.71. The van der Waals surface area contributed by atoms with Crippen molar-refractivity contribution in [2.75, 3.05) is 11.9 Å². The van der Waals surface area contributed by atoms with E-state index in [-0.39, 0.29) is 23.3 Å². The molecule has 2 rings (SSSR count). The van der Waals surface area contributed by atoms with Crippen molar-refractivity contribution in [2.45, 2.75) is 65.2 Å². The number of carbonyl (C=O) groups excluding carboxylic acids is 2. The first-order valence-corrected chi connectivity index (χ1v) is 10.2. The molecule has 4 nitrogen and oxygen atoms in total. The fourth-order valence-corrected chi connectivity index (χ4v) is 3.00. The predicted octanol–water partition coefficient (Wildman–Crippen LogP) is 5.54. The summed E-state index contributed by atoms with van der Waals surface area (Å²) >= 11 is 0. The van der Waals surface area contributed by atoms with Gasteiger partial charge in [-0.25, -0.2) is 0 Å². The lowest BCUT2D eigenvalue weighted by Gasteiger charge is -2.30. The molecule has 0 aliphatic rings. The van der Waals surface area contributed by atoms with Gasteiger partial charge in [0, 0.05) is 16.8 Å². The van der Waals surface area contributed by atoms with Crippen molar-refractivity contribution in [1.82, 2.24) is 0 Å². The molecule has 2 aromatic rings. The van der Waals surface area contributed by atoms with Gasteiger partial charge in [0.05, 0.1) is 0 Å². The quantitative estimate of drug-likeness (QED) is 0.608. The standard InChI is InChI=1S/C25H32NO3/c1-7-24(3,4)19-12-13-22(21(15-19)25(5,6)8-2)29-17-23(28)26-20-11-9-10-18(14-20)16-27/h9-15H,7-8,17H2,1-6H3,(H,26,28). The Balaban J connectivity index is 2.20. The van der Waals surface area contributed by atoms with Crippen LogP contribution in [-0.2, 0) is 20.4 Å². The van der Waals surface area contributed by atoms with Crippen LogP contribution in [0.3, 0.4) is 0 Å². The SMILES string of the molecule is CCC(C)(C)c1ccc(OCC(=O)Nc2cccc([C]=O)c2)c(C(C)(C)CC)c1. The van der Waals surface area contributed by atoms with Crippen molar-refractivity contribution in [2.24, 2.45) is 0 Å². The van der Waals surface area contributed by atoms with Gasteiger partial charge in [-0.3, -0.25) is 9.59 Å². The van der Waals surface area contributed by atoms with E-state index in [1.54, 1.807) is 24.3 Å². The van der Waals surface area contributed by atoms with E-state index in [1.165, 1.54) is 5.56 Å². The summed E-state index contributed by atoms with van der Waals surface area (Å²) < 4.78 is 5.93. The van der Waals surface area contributed by atoms with Gasteiger partial charge in [-0.05, 0) is 47.4 Å². The topological polar surface area (TPSA) is 55.4 Å². The fourth-order valence-electron chi connectivity index (χ4n) is 3.00. The van der Waals surface area contributed by atoms with Crippen molar-refractivity contribution >= 4 is 17.9 Å². The number of amides is 1. The molecule has 29 heavy (non-hydrogen) atoms. The minimum Gasteiger partial charge on any atom is -0.483 e. The lowest BCUT2D eigenvalue weighted by Crippen LogP contribution is -2.24. The zero-order chi connectivity index (χ0) is 21.7. The molecule has 1 amide bonds. The fraction of sp³-hybridized carbons (Fsp3) is 0.440. The summed E-state index contributed by atoms with van der Waals surface area (Å²) in [5, 5.41) is 2.76. The van der Waals surface area contributed by atoms with E-state index in [9.17, 15) is 9.59 Å². The molecule has 0 spiro atoms. The molecular weight excluding hydrogens is 362 g/mol. The highest BCUT2D eigenvalue weighted by Gasteiger charge is 2.26. The summed E-state index contributed by atoms with van der Waals surface area (Å²) in [5.41, 5.74) is 3.34. The van der Waals surface area contributed by atoms with Crippen LogP contribution in [0.15, 0.2) is 42.5 Å². The average molecular weight is 395 g/mol. The van der Waals surface area contributed by atoms with Crippen molar-refractivity contribution < 1.29 is 14.3 Å². The van der Waals surface area contributed by atoms with Gasteiger partial charge in [-0.2, -0.15) is 0 Å². The number of carbonyl (C=O) groups is 1. The maximum Gasteiger partial charge on any atom is 0.262 e. The Bertz CT molecular complexity index is 868. The van der Waals surface area contributed by atoms with Crippen LogP contribution in [0.1, 0.15) is 71.1 Å². The Morgan fingerprint density at radius 1 is 1.00 bits per heavy atom. The highest BCUT2D eigenvalue weighted by molar-refractivity contribution is 5.92. The Hall–Kier alpha value is -2.62. The van der Waals surface area contributed by atoms with E-state index in [0.29, 0.717) is 11.3 Å². The van der Waals surface area contributed by atoms with Gasteiger partial charge >= 0.3 is 0 Å². The van der Waals surface area contributed by atoms with Crippen LogP contribution in [0.5, 0.6) is 5.75 Å². The van der Waals surface area contributed by atoms with Gasteiger partial charge in [-0.15, -0.1) is 0 Å². The number of benzene rings is 2. The molecule has 155 valence electrons. The maximum absolute atomic E-state index is 12.4. The lowest BCUT2D eigenvalue weighted by atomic mass is 9.76.